The monoisotopic (exact) mass is 111 g/mol. The van der Waals surface area contributed by atoms with Crippen LogP contribution in [0.5, 0.6) is 0 Å². The highest BCUT2D eigenvalue weighted by molar-refractivity contribution is 6.25. The van der Waals surface area contributed by atoms with E-state index in [4.69, 9.17) is 0 Å². The smallest absolute Gasteiger partial charge is 0.178 e. The van der Waals surface area contributed by atoms with Crippen molar-refractivity contribution in [3.05, 3.63) is 12.3 Å². The maximum absolute atomic E-state index is 3.14. The van der Waals surface area contributed by atoms with E-state index in [2.05, 4.69) is 20.8 Å². The molecule has 0 saturated heterocycles. The predicted molar refractivity (Wildman–Crippen MR) is 28.2 cm³/mol. The van der Waals surface area contributed by atoms with Gasteiger partial charge in [0, 0.05) is 0 Å². The van der Waals surface area contributed by atoms with Crippen LogP contribution in [0.1, 0.15) is 6.92 Å². The Bertz CT molecular complexity index is 50.8. The van der Waals surface area contributed by atoms with Crippen LogP contribution >= 0.6 is 0 Å². The van der Waals surface area contributed by atoms with E-state index in [1.54, 1.807) is 4.23 Å². The number of rotatable bonds is 1. The van der Waals surface area contributed by atoms with Crippen molar-refractivity contribution in [2.24, 2.45) is 0 Å². The zero-order valence-corrected chi connectivity index (χ0v) is 5.60. The molecule has 0 aromatic carbocycles. The second-order valence-electron chi connectivity index (χ2n) is 0.852. The molecule has 30 valence electrons. The Kier molecular flexibility index (Phi) is 3.16. The summed E-state index contributed by atoms with van der Waals surface area (Å²) in [6.07, 6.45) is 3.73. The molecule has 3 heteroatoms. The second-order valence-corrected chi connectivity index (χ2v) is 2.26. The van der Waals surface area contributed by atoms with Crippen LogP contribution in [-0.2, 0) is 0 Å². The summed E-state index contributed by atoms with van der Waals surface area (Å²) in [4.78, 5) is 0. The van der Waals surface area contributed by atoms with Crippen LogP contribution in [0.3, 0.4) is 0 Å². The largest absolute Gasteiger partial charge is 0.435 e. The fourth-order valence-electron chi connectivity index (χ4n) is 0.149. The minimum absolute atomic E-state index is 1.61. The van der Waals surface area contributed by atoms with Crippen molar-refractivity contribution in [2.75, 3.05) is 0 Å². The number of hydrogen-bond acceptors (Lipinski definition) is 1. The molecule has 0 heterocycles. The van der Waals surface area contributed by atoms with E-state index >= 15 is 0 Å². The van der Waals surface area contributed by atoms with Crippen molar-refractivity contribution >= 4 is 20.8 Å². The zero-order valence-electron chi connectivity index (χ0n) is 3.60. The third-order valence-corrected chi connectivity index (χ3v) is 0.596. The van der Waals surface area contributed by atoms with Crippen LogP contribution in [0.2, 0.25) is 0 Å². The van der Waals surface area contributed by atoms with Gasteiger partial charge in [0.05, 0.1) is 0 Å². The Balaban J connectivity index is 3.03. The van der Waals surface area contributed by atoms with Crippen molar-refractivity contribution in [1.82, 2.24) is 4.23 Å². The maximum Gasteiger partial charge on any atom is 0.178 e. The van der Waals surface area contributed by atoms with Gasteiger partial charge in [-0.2, -0.15) is 0 Å². The highest BCUT2D eigenvalue weighted by Gasteiger charge is 1.68. The molecule has 6 radical (unpaired) electrons. The topological polar surface area (TPSA) is 3.24 Å². The van der Waals surface area contributed by atoms with E-state index in [1.165, 1.54) is 0 Å². The summed E-state index contributed by atoms with van der Waals surface area (Å²) in [6, 6.07) is 0. The first kappa shape index (κ1) is 5.97. The van der Waals surface area contributed by atoms with Gasteiger partial charge in [-0.25, -0.2) is 0 Å². The molecule has 0 saturated carbocycles. The van der Waals surface area contributed by atoms with Crippen LogP contribution in [0, 0.1) is 0 Å². The van der Waals surface area contributed by atoms with Gasteiger partial charge >= 0.3 is 0 Å². The Labute approximate surface area is 45.0 Å². The van der Waals surface area contributed by atoms with Gasteiger partial charge in [0.15, 0.2) is 20.8 Å². The van der Waals surface area contributed by atoms with E-state index in [1.807, 2.05) is 19.2 Å². The van der Waals surface area contributed by atoms with Gasteiger partial charge in [0.2, 0.25) is 0 Å². The van der Waals surface area contributed by atoms with Crippen molar-refractivity contribution in [3.63, 3.8) is 0 Å². The van der Waals surface area contributed by atoms with Gasteiger partial charge in [-0.15, -0.1) is 0 Å². The fourth-order valence-corrected chi connectivity index (χ4v) is 0.447. The first-order valence-corrected chi connectivity index (χ1v) is 2.51. The average Bonchev–Trinajstić information content (AvgIpc) is 1.35. The third kappa shape index (κ3) is 3.97. The summed E-state index contributed by atoms with van der Waals surface area (Å²) in [5.74, 6) is 0. The minimum atomic E-state index is 1.61. The standard InChI is InChI=1S/C3H5NSi2/c1-2-3-4(5)6/h2-3H,1H3/b3-2+. The third-order valence-electron chi connectivity index (χ3n) is 0.298. The first-order chi connectivity index (χ1) is 2.77. The normalized spacial score (nSPS) is 9.83. The van der Waals surface area contributed by atoms with Gasteiger partial charge in [-0.3, -0.25) is 0 Å². The average molecular weight is 111 g/mol. The van der Waals surface area contributed by atoms with Gasteiger partial charge in [0.25, 0.3) is 0 Å². The Morgan fingerprint density at radius 3 is 2.00 bits per heavy atom. The van der Waals surface area contributed by atoms with Crippen molar-refractivity contribution in [2.45, 2.75) is 6.92 Å². The molecule has 0 atom stereocenters. The number of hydrogen-bond donors (Lipinski definition) is 0. The van der Waals surface area contributed by atoms with Gasteiger partial charge in [-0.1, -0.05) is 6.08 Å². The van der Waals surface area contributed by atoms with Crippen LogP contribution in [-0.4, -0.2) is 25.0 Å². The molecule has 0 bridgehead atoms. The maximum atomic E-state index is 3.14. The minimum Gasteiger partial charge on any atom is -0.435 e. The van der Waals surface area contributed by atoms with Gasteiger partial charge < -0.3 is 4.23 Å². The molecule has 6 heavy (non-hydrogen) atoms. The van der Waals surface area contributed by atoms with Crippen LogP contribution in [0.25, 0.3) is 0 Å². The van der Waals surface area contributed by atoms with E-state index in [0.717, 1.165) is 0 Å². The highest BCUT2D eigenvalue weighted by atomic mass is 28.2. The van der Waals surface area contributed by atoms with E-state index in [-0.39, 0.29) is 0 Å². The Morgan fingerprint density at radius 1 is 1.50 bits per heavy atom. The van der Waals surface area contributed by atoms with Crippen molar-refractivity contribution in [1.29, 1.82) is 0 Å². The summed E-state index contributed by atoms with van der Waals surface area (Å²) in [5.41, 5.74) is 0. The first-order valence-electron chi connectivity index (χ1n) is 1.62. The molecular formula is C3H5NSi2. The van der Waals surface area contributed by atoms with E-state index in [9.17, 15) is 0 Å². The molecule has 0 amide bonds. The van der Waals surface area contributed by atoms with E-state index in [0.29, 0.717) is 0 Å². The van der Waals surface area contributed by atoms with Crippen molar-refractivity contribution < 1.29 is 0 Å². The number of nitrogens with zero attached hydrogens (tertiary/aromatic N) is 1. The zero-order chi connectivity index (χ0) is 4.99. The molecule has 1 nitrogen and oxygen atoms in total. The lowest BCUT2D eigenvalue weighted by Crippen LogP contribution is -2.04. The highest BCUT2D eigenvalue weighted by Crippen LogP contribution is 1.69. The van der Waals surface area contributed by atoms with Crippen LogP contribution in [0.15, 0.2) is 12.3 Å². The molecule has 0 aromatic rings. The summed E-state index contributed by atoms with van der Waals surface area (Å²) < 4.78 is 1.61. The van der Waals surface area contributed by atoms with E-state index < -0.39 is 0 Å². The van der Waals surface area contributed by atoms with Gasteiger partial charge in [-0.05, 0) is 13.1 Å². The quantitative estimate of drug-likeness (QED) is 0.430. The lowest BCUT2D eigenvalue weighted by molar-refractivity contribution is 0.980. The Hall–Kier alpha value is -0.0262. The lowest BCUT2D eigenvalue weighted by atomic mass is 10.7. The summed E-state index contributed by atoms with van der Waals surface area (Å²) >= 11 is 0. The summed E-state index contributed by atoms with van der Waals surface area (Å²) in [6.45, 7) is 1.94. The van der Waals surface area contributed by atoms with Crippen LogP contribution < -0.4 is 0 Å². The molecule has 0 aromatic heterocycles. The molecule has 0 rings (SSSR count). The summed E-state index contributed by atoms with van der Waals surface area (Å²) in [7, 11) is 6.28. The predicted octanol–water partition coefficient (Wildman–Crippen LogP) is -0.0110. The second kappa shape index (κ2) is 3.17. The number of allylic oxidation sites excluding steroid dienone is 1. The molecule has 0 spiro atoms. The summed E-state index contributed by atoms with van der Waals surface area (Å²) in [5, 5.41) is 0. The SMILES string of the molecule is C/C=C/N([Si])[Si]. The Morgan fingerprint density at radius 2 is 2.00 bits per heavy atom. The molecule has 0 aliphatic rings. The van der Waals surface area contributed by atoms with Gasteiger partial charge in [0.1, 0.15) is 0 Å². The molecule has 0 aliphatic carbocycles. The fraction of sp³-hybridized carbons (Fsp3) is 0.333. The van der Waals surface area contributed by atoms with Crippen LogP contribution in [0.4, 0.5) is 0 Å². The molecule has 0 N–H and O–H groups in total. The van der Waals surface area contributed by atoms with Crippen molar-refractivity contribution in [3.8, 4) is 0 Å². The molecular weight excluding hydrogens is 106 g/mol. The molecule has 0 unspecified atom stereocenters. The lowest BCUT2D eigenvalue weighted by Gasteiger charge is -1.98. The molecule has 0 aliphatic heterocycles. The molecule has 0 fully saturated rings.